The molecule has 0 aromatic heterocycles. The molecule has 0 saturated heterocycles. The maximum Gasteiger partial charge on any atom is 0.251 e. The van der Waals surface area contributed by atoms with Crippen molar-refractivity contribution in [3.63, 3.8) is 0 Å². The Morgan fingerprint density at radius 3 is 2.52 bits per heavy atom. The van der Waals surface area contributed by atoms with E-state index < -0.39 is 6.10 Å². The van der Waals surface area contributed by atoms with Gasteiger partial charge in [0, 0.05) is 18.0 Å². The first-order valence-electron chi connectivity index (χ1n) is 7.74. The highest BCUT2D eigenvalue weighted by Crippen LogP contribution is 2.20. The van der Waals surface area contributed by atoms with E-state index in [2.05, 4.69) is 5.32 Å². The van der Waals surface area contributed by atoms with Crippen molar-refractivity contribution >= 4 is 5.91 Å². The minimum atomic E-state index is -0.464. The lowest BCUT2D eigenvalue weighted by Crippen LogP contribution is -2.29. The summed E-state index contributed by atoms with van der Waals surface area (Å²) < 4.78 is 13.6. The fourth-order valence-corrected chi connectivity index (χ4v) is 2.53. The Bertz CT molecular complexity index is 656. The maximum absolute atomic E-state index is 13.6. The number of amides is 1. The predicted octanol–water partition coefficient (Wildman–Crippen LogP) is 3.42. The summed E-state index contributed by atoms with van der Waals surface area (Å²) in [6.45, 7) is 3.78. The molecule has 2 atom stereocenters. The van der Waals surface area contributed by atoms with Crippen LogP contribution in [0.5, 0.6) is 0 Å². The average Bonchev–Trinajstić information content (AvgIpc) is 2.54. The fourth-order valence-electron chi connectivity index (χ4n) is 2.53. The summed E-state index contributed by atoms with van der Waals surface area (Å²) in [5, 5.41) is 12.5. The van der Waals surface area contributed by atoms with Crippen molar-refractivity contribution in [1.82, 2.24) is 5.32 Å². The van der Waals surface area contributed by atoms with Gasteiger partial charge in [0.25, 0.3) is 5.91 Å². The molecule has 1 amide bonds. The van der Waals surface area contributed by atoms with E-state index in [9.17, 15) is 14.3 Å². The van der Waals surface area contributed by atoms with Gasteiger partial charge in [-0.1, -0.05) is 36.4 Å². The van der Waals surface area contributed by atoms with E-state index in [1.807, 2.05) is 30.3 Å². The molecule has 23 heavy (non-hydrogen) atoms. The molecule has 122 valence electrons. The molecule has 0 aliphatic carbocycles. The number of halogens is 1. The molecule has 0 radical (unpaired) electrons. The lowest BCUT2D eigenvalue weighted by molar-refractivity contribution is 0.0945. The summed E-state index contributed by atoms with van der Waals surface area (Å²) in [7, 11) is 0. The summed E-state index contributed by atoms with van der Waals surface area (Å²) in [5.74, 6) is -0.688. The van der Waals surface area contributed by atoms with E-state index in [4.69, 9.17) is 0 Å². The summed E-state index contributed by atoms with van der Waals surface area (Å²) >= 11 is 0. The molecule has 4 heteroatoms. The van der Waals surface area contributed by atoms with Crippen molar-refractivity contribution < 1.29 is 14.3 Å². The maximum atomic E-state index is 13.6. The first kappa shape index (κ1) is 17.2. The number of hydrogen-bond donors (Lipinski definition) is 2. The number of benzene rings is 2. The summed E-state index contributed by atoms with van der Waals surface area (Å²) in [6.07, 6.45) is 0.0842. The first-order valence-corrected chi connectivity index (χ1v) is 7.74. The number of nitrogens with one attached hydrogen (secondary N) is 1. The van der Waals surface area contributed by atoms with Gasteiger partial charge in [-0.2, -0.15) is 0 Å². The zero-order valence-corrected chi connectivity index (χ0v) is 13.4. The number of rotatable bonds is 6. The Hall–Kier alpha value is -2.20. The Morgan fingerprint density at radius 1 is 1.22 bits per heavy atom. The number of aryl methyl sites for hydroxylation is 1. The number of aliphatic hydroxyl groups is 1. The van der Waals surface area contributed by atoms with Crippen LogP contribution in [0.1, 0.15) is 40.7 Å². The fraction of sp³-hybridized carbons (Fsp3) is 0.316. The molecule has 0 aliphatic rings. The van der Waals surface area contributed by atoms with Crippen LogP contribution in [0, 0.1) is 12.7 Å². The molecule has 0 spiro atoms. The SMILES string of the molecule is Cc1ccc(C(=O)NCC(CC(C)O)c2ccccc2)cc1F. The molecule has 2 N–H and O–H groups in total. The molecule has 2 aromatic carbocycles. The van der Waals surface area contributed by atoms with Crippen molar-refractivity contribution in [3.05, 3.63) is 71.0 Å². The Kier molecular flexibility index (Phi) is 5.88. The van der Waals surface area contributed by atoms with Crippen LogP contribution in [0.25, 0.3) is 0 Å². The van der Waals surface area contributed by atoms with Gasteiger partial charge in [0.2, 0.25) is 0 Å². The Labute approximate surface area is 136 Å². The topological polar surface area (TPSA) is 49.3 Å². The number of carbonyl (C=O) groups excluding carboxylic acids is 1. The van der Waals surface area contributed by atoms with Gasteiger partial charge in [0.15, 0.2) is 0 Å². The summed E-state index contributed by atoms with van der Waals surface area (Å²) in [4.78, 5) is 12.2. The number of carbonyl (C=O) groups is 1. The molecule has 0 aliphatic heterocycles. The van der Waals surface area contributed by atoms with Crippen LogP contribution in [0.3, 0.4) is 0 Å². The van der Waals surface area contributed by atoms with Crippen LogP contribution in [-0.4, -0.2) is 23.7 Å². The molecule has 2 aromatic rings. The van der Waals surface area contributed by atoms with Gasteiger partial charge < -0.3 is 10.4 Å². The lowest BCUT2D eigenvalue weighted by Gasteiger charge is -2.19. The molecular weight excluding hydrogens is 293 g/mol. The highest BCUT2D eigenvalue weighted by Gasteiger charge is 2.16. The van der Waals surface area contributed by atoms with Crippen molar-refractivity contribution in [2.75, 3.05) is 6.54 Å². The third kappa shape index (κ3) is 4.89. The van der Waals surface area contributed by atoms with E-state index in [0.29, 0.717) is 24.1 Å². The van der Waals surface area contributed by atoms with E-state index in [1.165, 1.54) is 6.07 Å². The molecule has 0 fully saturated rings. The highest BCUT2D eigenvalue weighted by atomic mass is 19.1. The van der Waals surface area contributed by atoms with Crippen LogP contribution in [-0.2, 0) is 0 Å². The zero-order chi connectivity index (χ0) is 16.8. The van der Waals surface area contributed by atoms with Crippen LogP contribution >= 0.6 is 0 Å². The Balaban J connectivity index is 2.05. The van der Waals surface area contributed by atoms with Gasteiger partial charge >= 0.3 is 0 Å². The smallest absolute Gasteiger partial charge is 0.251 e. The van der Waals surface area contributed by atoms with Crippen molar-refractivity contribution in [1.29, 1.82) is 0 Å². The molecule has 2 rings (SSSR count). The van der Waals surface area contributed by atoms with Crippen LogP contribution in [0.2, 0.25) is 0 Å². The third-order valence-electron chi connectivity index (χ3n) is 3.84. The van der Waals surface area contributed by atoms with Crippen LogP contribution in [0.15, 0.2) is 48.5 Å². The molecule has 0 bridgehead atoms. The van der Waals surface area contributed by atoms with Crippen molar-refractivity contribution in [2.45, 2.75) is 32.3 Å². The monoisotopic (exact) mass is 315 g/mol. The summed E-state index contributed by atoms with van der Waals surface area (Å²) in [6, 6.07) is 14.2. The third-order valence-corrected chi connectivity index (χ3v) is 3.84. The predicted molar refractivity (Wildman–Crippen MR) is 89.0 cm³/mol. The second-order valence-corrected chi connectivity index (χ2v) is 5.87. The minimum Gasteiger partial charge on any atom is -0.393 e. The van der Waals surface area contributed by atoms with Gasteiger partial charge in [-0.15, -0.1) is 0 Å². The zero-order valence-electron chi connectivity index (χ0n) is 13.4. The minimum absolute atomic E-state index is 0.00967. The first-order chi connectivity index (χ1) is 11.0. The molecule has 0 saturated carbocycles. The molecule has 0 heterocycles. The van der Waals surface area contributed by atoms with E-state index >= 15 is 0 Å². The van der Waals surface area contributed by atoms with Crippen LogP contribution < -0.4 is 5.32 Å². The lowest BCUT2D eigenvalue weighted by atomic mass is 9.93. The van der Waals surface area contributed by atoms with Crippen molar-refractivity contribution in [2.24, 2.45) is 0 Å². The molecule has 3 nitrogen and oxygen atoms in total. The second-order valence-electron chi connectivity index (χ2n) is 5.87. The Morgan fingerprint density at radius 2 is 1.91 bits per heavy atom. The van der Waals surface area contributed by atoms with Crippen LogP contribution in [0.4, 0.5) is 4.39 Å². The van der Waals surface area contributed by atoms with Gasteiger partial charge in [0.05, 0.1) is 6.10 Å². The quantitative estimate of drug-likeness (QED) is 0.858. The number of aliphatic hydroxyl groups excluding tert-OH is 1. The van der Waals surface area contributed by atoms with Gasteiger partial charge in [-0.05, 0) is 43.5 Å². The van der Waals surface area contributed by atoms with E-state index in [1.54, 1.807) is 26.0 Å². The molecular formula is C19H22FNO2. The molecule has 2 unspecified atom stereocenters. The normalized spacial score (nSPS) is 13.4. The van der Waals surface area contributed by atoms with Gasteiger partial charge in [-0.25, -0.2) is 4.39 Å². The van der Waals surface area contributed by atoms with E-state index in [0.717, 1.165) is 5.56 Å². The van der Waals surface area contributed by atoms with Crippen molar-refractivity contribution in [3.8, 4) is 0 Å². The standard InChI is InChI=1S/C19H22FNO2/c1-13-8-9-16(11-18(13)20)19(23)21-12-17(10-14(2)22)15-6-4-3-5-7-15/h3-9,11,14,17,22H,10,12H2,1-2H3,(H,21,23). The average molecular weight is 315 g/mol. The van der Waals surface area contributed by atoms with Gasteiger partial charge in [-0.3, -0.25) is 4.79 Å². The van der Waals surface area contributed by atoms with E-state index in [-0.39, 0.29) is 17.6 Å². The number of hydrogen-bond acceptors (Lipinski definition) is 2. The second kappa shape index (κ2) is 7.88. The highest BCUT2D eigenvalue weighted by molar-refractivity contribution is 5.94. The summed E-state index contributed by atoms with van der Waals surface area (Å²) in [5.41, 5.74) is 1.87. The van der Waals surface area contributed by atoms with Gasteiger partial charge in [0.1, 0.15) is 5.82 Å². The largest absolute Gasteiger partial charge is 0.393 e.